The summed E-state index contributed by atoms with van der Waals surface area (Å²) >= 11 is 0. The number of hydrogen-bond donors (Lipinski definition) is 0. The van der Waals surface area contributed by atoms with Crippen LogP contribution in [0, 0.1) is 50.7 Å². The number of ether oxygens (including phenoxy) is 2. The van der Waals surface area contributed by atoms with Crippen molar-refractivity contribution in [3.8, 4) is 0 Å². The SMILES string of the molecule is COC(=O)[C@]12CC[C@@H](C)[C@H](C)[C@@H]1C1=CC[C@@H]3[C@@]4(C)C(C=O)=C[C@@]5(C)COC(=C45)C[C@@]3(C)[C@]1(C)CC2. The van der Waals surface area contributed by atoms with Gasteiger partial charge in [-0.3, -0.25) is 9.59 Å². The van der Waals surface area contributed by atoms with E-state index in [9.17, 15) is 9.59 Å². The van der Waals surface area contributed by atoms with Crippen LogP contribution in [-0.2, 0) is 19.1 Å². The van der Waals surface area contributed by atoms with Gasteiger partial charge in [0.15, 0.2) is 0 Å². The molecule has 0 aromatic carbocycles. The third-order valence-corrected chi connectivity index (χ3v) is 12.6. The predicted octanol–water partition coefficient (Wildman–Crippen LogP) is 6.42. The first-order chi connectivity index (χ1) is 16.4. The summed E-state index contributed by atoms with van der Waals surface area (Å²) in [4.78, 5) is 25.9. The van der Waals surface area contributed by atoms with E-state index in [1.807, 2.05) is 0 Å². The smallest absolute Gasteiger partial charge is 0.312 e. The lowest BCUT2D eigenvalue weighted by molar-refractivity contribution is -0.171. The molecule has 6 aliphatic rings. The Morgan fingerprint density at radius 1 is 1.14 bits per heavy atom. The van der Waals surface area contributed by atoms with Crippen LogP contribution in [0.15, 0.2) is 34.6 Å². The lowest BCUT2D eigenvalue weighted by atomic mass is 9.36. The van der Waals surface area contributed by atoms with Crippen LogP contribution in [-0.4, -0.2) is 26.0 Å². The van der Waals surface area contributed by atoms with Crippen LogP contribution in [0.3, 0.4) is 0 Å². The van der Waals surface area contributed by atoms with E-state index in [2.05, 4.69) is 53.7 Å². The molecule has 190 valence electrons. The lowest BCUT2D eigenvalue weighted by Crippen LogP contribution is -2.62. The molecule has 0 amide bonds. The first-order valence-electron chi connectivity index (χ1n) is 13.8. The summed E-state index contributed by atoms with van der Waals surface area (Å²) in [5, 5.41) is 0. The highest BCUT2D eigenvalue weighted by Crippen LogP contribution is 2.77. The average Bonchev–Trinajstić information content (AvgIpc) is 3.28. The molecule has 4 heteroatoms. The zero-order valence-corrected chi connectivity index (χ0v) is 22.6. The number of esters is 1. The van der Waals surface area contributed by atoms with Crippen molar-refractivity contribution >= 4 is 12.3 Å². The quantitative estimate of drug-likeness (QED) is 0.261. The Kier molecular flexibility index (Phi) is 4.66. The molecule has 0 aromatic heterocycles. The van der Waals surface area contributed by atoms with Crippen molar-refractivity contribution in [2.45, 2.75) is 80.1 Å². The van der Waals surface area contributed by atoms with Crippen molar-refractivity contribution in [2.75, 3.05) is 13.7 Å². The number of methoxy groups -OCH3 is 1. The van der Waals surface area contributed by atoms with Crippen LogP contribution in [0.25, 0.3) is 0 Å². The fourth-order valence-corrected chi connectivity index (χ4v) is 10.5. The minimum atomic E-state index is -0.401. The highest BCUT2D eigenvalue weighted by Gasteiger charge is 2.71. The predicted molar refractivity (Wildman–Crippen MR) is 135 cm³/mol. The monoisotopic (exact) mass is 478 g/mol. The van der Waals surface area contributed by atoms with E-state index in [-0.39, 0.29) is 33.5 Å². The van der Waals surface area contributed by atoms with Gasteiger partial charge in [-0.2, -0.15) is 0 Å². The van der Waals surface area contributed by atoms with E-state index >= 15 is 0 Å². The molecule has 0 spiro atoms. The number of fused-ring (bicyclic) bond motifs is 6. The molecule has 0 N–H and O–H groups in total. The summed E-state index contributed by atoms with van der Waals surface area (Å²) in [5.74, 6) is 2.71. The van der Waals surface area contributed by atoms with Crippen molar-refractivity contribution in [3.63, 3.8) is 0 Å². The molecule has 0 saturated heterocycles. The molecule has 1 heterocycles. The molecule has 0 radical (unpaired) electrons. The molecular weight excluding hydrogens is 436 g/mol. The maximum Gasteiger partial charge on any atom is 0.312 e. The molecule has 2 saturated carbocycles. The third kappa shape index (κ3) is 2.46. The maximum atomic E-state index is 13.4. The second kappa shape index (κ2) is 6.92. The van der Waals surface area contributed by atoms with Gasteiger partial charge in [-0.15, -0.1) is 0 Å². The number of carbonyl (C=O) groups is 2. The topological polar surface area (TPSA) is 52.6 Å². The molecule has 0 unspecified atom stereocenters. The van der Waals surface area contributed by atoms with Crippen LogP contribution in [0.2, 0.25) is 0 Å². The first-order valence-corrected chi connectivity index (χ1v) is 13.8. The number of aldehydes is 1. The van der Waals surface area contributed by atoms with Crippen molar-refractivity contribution in [1.82, 2.24) is 0 Å². The third-order valence-electron chi connectivity index (χ3n) is 12.6. The van der Waals surface area contributed by atoms with Gasteiger partial charge in [0, 0.05) is 17.3 Å². The minimum absolute atomic E-state index is 0.00561. The molecule has 6 rings (SSSR count). The van der Waals surface area contributed by atoms with Crippen molar-refractivity contribution in [3.05, 3.63) is 34.6 Å². The van der Waals surface area contributed by atoms with Gasteiger partial charge >= 0.3 is 5.97 Å². The number of allylic oxidation sites excluding steroid dienone is 4. The summed E-state index contributed by atoms with van der Waals surface area (Å²) in [5.41, 5.74) is 2.86. The summed E-state index contributed by atoms with van der Waals surface area (Å²) in [6.45, 7) is 14.9. The van der Waals surface area contributed by atoms with Crippen molar-refractivity contribution < 1.29 is 19.1 Å². The zero-order valence-electron chi connectivity index (χ0n) is 22.6. The first kappa shape index (κ1) is 23.6. The summed E-state index contributed by atoms with van der Waals surface area (Å²) < 4.78 is 11.9. The van der Waals surface area contributed by atoms with Gasteiger partial charge in [0.25, 0.3) is 0 Å². The zero-order chi connectivity index (χ0) is 25.2. The molecule has 5 aliphatic carbocycles. The fraction of sp³-hybridized carbons (Fsp3) is 0.742. The van der Waals surface area contributed by atoms with Crippen molar-refractivity contribution in [1.29, 1.82) is 0 Å². The Morgan fingerprint density at radius 2 is 1.89 bits per heavy atom. The largest absolute Gasteiger partial charge is 0.497 e. The van der Waals surface area contributed by atoms with Gasteiger partial charge in [0.05, 0.1) is 18.3 Å². The highest BCUT2D eigenvalue weighted by atomic mass is 16.5. The van der Waals surface area contributed by atoms with E-state index in [0.717, 1.165) is 56.1 Å². The Hall–Kier alpha value is -1.84. The number of hydrogen-bond acceptors (Lipinski definition) is 4. The van der Waals surface area contributed by atoms with Gasteiger partial charge < -0.3 is 9.47 Å². The van der Waals surface area contributed by atoms with Crippen LogP contribution in [0.5, 0.6) is 0 Å². The Balaban J connectivity index is 1.53. The van der Waals surface area contributed by atoms with E-state index in [1.54, 1.807) is 7.11 Å². The standard InChI is InChI=1S/C31H42O4/c1-18-10-11-31(26(33)34-7)13-12-28(4)21(24(31)19(18)2)8-9-23-29(28,5)15-22-25-27(3,17-35-22)14-20(16-32)30(23,25)6/h8,14,16,18-19,23-24H,9-13,15,17H2,1-7H3/t18-,19+,23+,24-,27+,28-,29-,30-,31+/m1/s1. The molecule has 2 fully saturated rings. The normalized spacial score (nSPS) is 51.7. The summed E-state index contributed by atoms with van der Waals surface area (Å²) in [7, 11) is 1.56. The van der Waals surface area contributed by atoms with Gasteiger partial charge in [0.2, 0.25) is 0 Å². The summed E-state index contributed by atoms with van der Waals surface area (Å²) in [6.07, 6.45) is 11.6. The van der Waals surface area contributed by atoms with Gasteiger partial charge in [-0.1, -0.05) is 52.3 Å². The van der Waals surface area contributed by atoms with Gasteiger partial charge in [-0.25, -0.2) is 0 Å². The second-order valence-electron chi connectivity index (χ2n) is 13.8. The molecule has 1 aliphatic heterocycles. The van der Waals surface area contributed by atoms with Crippen LogP contribution in [0.1, 0.15) is 80.1 Å². The molecule has 0 bridgehead atoms. The second-order valence-corrected chi connectivity index (χ2v) is 13.8. The van der Waals surface area contributed by atoms with Crippen LogP contribution < -0.4 is 0 Å². The minimum Gasteiger partial charge on any atom is -0.497 e. The maximum absolute atomic E-state index is 13.4. The van der Waals surface area contributed by atoms with E-state index < -0.39 is 5.41 Å². The Morgan fingerprint density at radius 3 is 2.57 bits per heavy atom. The molecular formula is C31H42O4. The van der Waals surface area contributed by atoms with Gasteiger partial charge in [-0.05, 0) is 84.7 Å². The molecule has 9 atom stereocenters. The summed E-state index contributed by atoms with van der Waals surface area (Å²) in [6, 6.07) is 0. The van der Waals surface area contributed by atoms with Crippen LogP contribution >= 0.6 is 0 Å². The molecule has 35 heavy (non-hydrogen) atoms. The van der Waals surface area contributed by atoms with E-state index in [1.165, 1.54) is 11.1 Å². The Bertz CT molecular complexity index is 1110. The van der Waals surface area contributed by atoms with Crippen LogP contribution in [0.4, 0.5) is 0 Å². The number of rotatable bonds is 2. The average molecular weight is 479 g/mol. The molecule has 4 nitrogen and oxygen atoms in total. The van der Waals surface area contributed by atoms with E-state index in [4.69, 9.17) is 9.47 Å². The number of carbonyl (C=O) groups excluding carboxylic acids is 2. The molecule has 0 aromatic rings. The van der Waals surface area contributed by atoms with Gasteiger partial charge in [0.1, 0.15) is 12.9 Å². The van der Waals surface area contributed by atoms with E-state index in [0.29, 0.717) is 24.4 Å². The lowest BCUT2D eigenvalue weighted by Gasteiger charge is -2.67. The highest BCUT2D eigenvalue weighted by molar-refractivity contribution is 5.81. The fourth-order valence-electron chi connectivity index (χ4n) is 10.5. The Labute approximate surface area is 210 Å². The van der Waals surface area contributed by atoms with Crippen molar-refractivity contribution in [2.24, 2.45) is 50.7 Å².